The number of aromatic amines is 1. The van der Waals surface area contributed by atoms with Crippen LogP contribution in [0.15, 0.2) is 22.7 Å². The van der Waals surface area contributed by atoms with Crippen LogP contribution in [0.4, 0.5) is 5.95 Å². The third-order valence-corrected chi connectivity index (χ3v) is 4.26. The molecule has 0 aliphatic carbocycles. The number of hydrogen-bond donors (Lipinski definition) is 2. The Morgan fingerprint density at radius 2 is 1.95 bits per heavy atom. The molecule has 1 aromatic heterocycles. The first kappa shape index (κ1) is 14.5. The van der Waals surface area contributed by atoms with Crippen molar-refractivity contribution in [3.8, 4) is 11.4 Å². The minimum absolute atomic E-state index is 0.448. The van der Waals surface area contributed by atoms with E-state index < -0.39 is 0 Å². The molecule has 112 valence electrons. The monoisotopic (exact) mass is 349 g/mol. The van der Waals surface area contributed by atoms with Gasteiger partial charge >= 0.3 is 0 Å². The molecule has 1 fully saturated rings. The summed E-state index contributed by atoms with van der Waals surface area (Å²) < 4.78 is 1.05. The molecule has 0 bridgehead atoms. The maximum atomic E-state index is 4.69. The minimum Gasteiger partial charge on any atom is -0.336 e. The van der Waals surface area contributed by atoms with Crippen LogP contribution in [0.25, 0.3) is 11.4 Å². The van der Waals surface area contributed by atoms with E-state index in [4.69, 9.17) is 0 Å². The number of halogens is 1. The highest BCUT2D eigenvalue weighted by molar-refractivity contribution is 9.10. The fourth-order valence-electron chi connectivity index (χ4n) is 2.85. The van der Waals surface area contributed by atoms with Gasteiger partial charge in [0.15, 0.2) is 5.82 Å². The number of nitrogens with one attached hydrogen (secondary N) is 2. The van der Waals surface area contributed by atoms with Crippen LogP contribution in [0.5, 0.6) is 0 Å². The molecule has 2 heterocycles. The van der Waals surface area contributed by atoms with Crippen LogP contribution in [-0.4, -0.2) is 40.4 Å². The number of nitrogens with zero attached hydrogens (tertiary/aromatic N) is 3. The van der Waals surface area contributed by atoms with Gasteiger partial charge in [-0.1, -0.05) is 22.0 Å². The van der Waals surface area contributed by atoms with Gasteiger partial charge in [0.2, 0.25) is 5.95 Å². The first-order valence-corrected chi connectivity index (χ1v) is 8.02. The molecular formula is C15H20BrN5. The lowest BCUT2D eigenvalue weighted by Gasteiger charge is -2.35. The zero-order valence-electron chi connectivity index (χ0n) is 12.5. The van der Waals surface area contributed by atoms with E-state index in [9.17, 15) is 0 Å². The smallest absolute Gasteiger partial charge is 0.245 e. The molecule has 2 N–H and O–H groups in total. The van der Waals surface area contributed by atoms with E-state index in [-0.39, 0.29) is 0 Å². The van der Waals surface area contributed by atoms with E-state index in [1.54, 1.807) is 0 Å². The molecule has 0 saturated carbocycles. The van der Waals surface area contributed by atoms with Crippen molar-refractivity contribution < 1.29 is 0 Å². The summed E-state index contributed by atoms with van der Waals surface area (Å²) in [5.74, 6) is 1.60. The molecule has 3 rings (SSSR count). The maximum Gasteiger partial charge on any atom is 0.245 e. The lowest BCUT2D eigenvalue weighted by Crippen LogP contribution is -2.54. The van der Waals surface area contributed by atoms with Crippen molar-refractivity contribution in [2.45, 2.75) is 32.9 Å². The summed E-state index contributed by atoms with van der Waals surface area (Å²) in [6.45, 7) is 8.32. The van der Waals surface area contributed by atoms with Crippen LogP contribution in [0, 0.1) is 6.92 Å². The fourth-order valence-corrected chi connectivity index (χ4v) is 3.22. The second-order valence-corrected chi connectivity index (χ2v) is 6.73. The largest absolute Gasteiger partial charge is 0.336 e. The molecule has 2 aromatic rings. The third kappa shape index (κ3) is 3.11. The molecule has 2 unspecified atom stereocenters. The van der Waals surface area contributed by atoms with Crippen molar-refractivity contribution in [3.05, 3.63) is 28.2 Å². The zero-order chi connectivity index (χ0) is 15.0. The minimum atomic E-state index is 0.448. The summed E-state index contributed by atoms with van der Waals surface area (Å²) >= 11 is 3.51. The molecule has 0 spiro atoms. The van der Waals surface area contributed by atoms with E-state index in [0.717, 1.165) is 34.9 Å². The van der Waals surface area contributed by atoms with E-state index in [1.807, 2.05) is 6.07 Å². The molecule has 1 saturated heterocycles. The molecule has 1 aromatic carbocycles. The molecule has 1 aliphatic rings. The second kappa shape index (κ2) is 5.77. The van der Waals surface area contributed by atoms with E-state index >= 15 is 0 Å². The van der Waals surface area contributed by atoms with Gasteiger partial charge in [0, 0.05) is 35.2 Å². The SMILES string of the molecule is Cc1ccc(Br)cc1-c1nc(N2CC(C)NC(C)C2)n[nH]1. The van der Waals surface area contributed by atoms with Crippen LogP contribution >= 0.6 is 15.9 Å². The molecular weight excluding hydrogens is 330 g/mol. The highest BCUT2D eigenvalue weighted by atomic mass is 79.9. The number of aryl methyl sites for hydroxylation is 1. The molecule has 2 atom stereocenters. The predicted octanol–water partition coefficient (Wildman–Crippen LogP) is 2.73. The van der Waals surface area contributed by atoms with Gasteiger partial charge < -0.3 is 10.2 Å². The lowest BCUT2D eigenvalue weighted by atomic mass is 10.1. The van der Waals surface area contributed by atoms with Gasteiger partial charge in [-0.3, -0.25) is 5.10 Å². The fraction of sp³-hybridized carbons (Fsp3) is 0.467. The van der Waals surface area contributed by atoms with Crippen LogP contribution in [-0.2, 0) is 0 Å². The first-order valence-electron chi connectivity index (χ1n) is 7.23. The Balaban J connectivity index is 1.88. The van der Waals surface area contributed by atoms with Crippen molar-refractivity contribution in [1.82, 2.24) is 20.5 Å². The molecule has 0 amide bonds. The van der Waals surface area contributed by atoms with Gasteiger partial charge in [-0.2, -0.15) is 4.98 Å². The lowest BCUT2D eigenvalue weighted by molar-refractivity contribution is 0.403. The Morgan fingerprint density at radius 3 is 2.67 bits per heavy atom. The Bertz CT molecular complexity index is 629. The van der Waals surface area contributed by atoms with Crippen molar-refractivity contribution in [3.63, 3.8) is 0 Å². The Hall–Kier alpha value is -1.40. The summed E-state index contributed by atoms with van der Waals surface area (Å²) in [6.07, 6.45) is 0. The maximum absolute atomic E-state index is 4.69. The van der Waals surface area contributed by atoms with Gasteiger partial charge in [-0.15, -0.1) is 5.10 Å². The van der Waals surface area contributed by atoms with Gasteiger partial charge in [-0.05, 0) is 38.5 Å². The summed E-state index contributed by atoms with van der Waals surface area (Å²) in [5.41, 5.74) is 2.27. The summed E-state index contributed by atoms with van der Waals surface area (Å²) in [5, 5.41) is 11.0. The number of piperazine rings is 1. The average Bonchev–Trinajstić information content (AvgIpc) is 2.90. The normalized spacial score (nSPS) is 22.6. The van der Waals surface area contributed by atoms with E-state index in [1.165, 1.54) is 5.56 Å². The van der Waals surface area contributed by atoms with Crippen LogP contribution in [0.1, 0.15) is 19.4 Å². The molecule has 21 heavy (non-hydrogen) atoms. The number of hydrogen-bond acceptors (Lipinski definition) is 4. The highest BCUT2D eigenvalue weighted by Crippen LogP contribution is 2.25. The Labute approximate surface area is 133 Å². The summed E-state index contributed by atoms with van der Waals surface area (Å²) in [7, 11) is 0. The van der Waals surface area contributed by atoms with Gasteiger partial charge in [0.1, 0.15) is 0 Å². The topological polar surface area (TPSA) is 56.8 Å². The van der Waals surface area contributed by atoms with Crippen LogP contribution in [0.2, 0.25) is 0 Å². The molecule has 5 nitrogen and oxygen atoms in total. The number of anilines is 1. The van der Waals surface area contributed by atoms with E-state index in [2.05, 4.69) is 74.2 Å². The van der Waals surface area contributed by atoms with Crippen LogP contribution < -0.4 is 10.2 Å². The van der Waals surface area contributed by atoms with Gasteiger partial charge in [0.25, 0.3) is 0 Å². The number of rotatable bonds is 2. The van der Waals surface area contributed by atoms with Gasteiger partial charge in [0.05, 0.1) is 0 Å². The van der Waals surface area contributed by atoms with Crippen molar-refractivity contribution in [2.24, 2.45) is 0 Å². The van der Waals surface area contributed by atoms with E-state index in [0.29, 0.717) is 12.1 Å². The highest BCUT2D eigenvalue weighted by Gasteiger charge is 2.24. The van der Waals surface area contributed by atoms with Crippen molar-refractivity contribution in [2.75, 3.05) is 18.0 Å². The number of benzene rings is 1. The standard InChI is InChI=1S/C15H20BrN5/c1-9-4-5-12(16)6-13(9)14-18-15(20-19-14)21-7-10(2)17-11(3)8-21/h4-6,10-11,17H,7-8H2,1-3H3,(H,18,19,20). The average molecular weight is 350 g/mol. The molecule has 6 heteroatoms. The second-order valence-electron chi connectivity index (χ2n) is 5.82. The Morgan fingerprint density at radius 1 is 1.24 bits per heavy atom. The van der Waals surface area contributed by atoms with Gasteiger partial charge in [-0.25, -0.2) is 0 Å². The number of H-pyrrole nitrogens is 1. The zero-order valence-corrected chi connectivity index (χ0v) is 14.1. The van der Waals surface area contributed by atoms with Crippen molar-refractivity contribution in [1.29, 1.82) is 0 Å². The third-order valence-electron chi connectivity index (χ3n) is 3.77. The summed E-state index contributed by atoms with van der Waals surface area (Å²) in [4.78, 5) is 6.92. The summed E-state index contributed by atoms with van der Waals surface area (Å²) in [6, 6.07) is 7.08. The first-order chi connectivity index (χ1) is 10.0. The molecule has 1 aliphatic heterocycles. The predicted molar refractivity (Wildman–Crippen MR) is 88.5 cm³/mol. The van der Waals surface area contributed by atoms with Crippen LogP contribution in [0.3, 0.4) is 0 Å². The Kier molecular flexibility index (Phi) is 3.99. The van der Waals surface area contributed by atoms with Crippen molar-refractivity contribution >= 4 is 21.9 Å². The number of aromatic nitrogens is 3. The quantitative estimate of drug-likeness (QED) is 0.875. The molecule has 0 radical (unpaired) electrons.